The van der Waals surface area contributed by atoms with Crippen LogP contribution in [0.2, 0.25) is 0 Å². The number of aromatic nitrogens is 3. The van der Waals surface area contributed by atoms with E-state index in [4.69, 9.17) is 23.8 Å². The number of furan rings is 2. The summed E-state index contributed by atoms with van der Waals surface area (Å²) < 4.78 is 12.9. The summed E-state index contributed by atoms with van der Waals surface area (Å²) in [6, 6.07) is 51.6. The molecule has 7 aromatic carbocycles. The molecule has 3 aromatic heterocycles. The minimum absolute atomic E-state index is 0.528. The molecule has 3 heterocycles. The molecule has 0 saturated carbocycles. The minimum Gasteiger partial charge on any atom is -0.455 e. The number of hydrogen-bond acceptors (Lipinski definition) is 5. The summed E-state index contributed by atoms with van der Waals surface area (Å²) in [4.78, 5) is 15.5. The summed E-state index contributed by atoms with van der Waals surface area (Å²) in [7, 11) is 0. The summed E-state index contributed by atoms with van der Waals surface area (Å²) in [5, 5.41) is 6.48. The summed E-state index contributed by atoms with van der Waals surface area (Å²) in [5.74, 6) is 1.63. The van der Waals surface area contributed by atoms with Gasteiger partial charge in [-0.1, -0.05) is 127 Å². The van der Waals surface area contributed by atoms with Crippen molar-refractivity contribution in [1.82, 2.24) is 15.0 Å². The Bertz CT molecular complexity index is 2730. The Kier molecular flexibility index (Phi) is 5.81. The van der Waals surface area contributed by atoms with E-state index in [-0.39, 0.29) is 0 Å². The van der Waals surface area contributed by atoms with Gasteiger partial charge in [0.2, 0.25) is 0 Å². The smallest absolute Gasteiger partial charge is 0.167 e. The third kappa shape index (κ3) is 4.08. The van der Waals surface area contributed by atoms with E-state index in [9.17, 15) is 0 Å². The average molecular weight is 616 g/mol. The maximum atomic E-state index is 6.46. The van der Waals surface area contributed by atoms with Gasteiger partial charge in [-0.25, -0.2) is 15.0 Å². The summed E-state index contributed by atoms with van der Waals surface area (Å²) in [6.45, 7) is 0. The van der Waals surface area contributed by atoms with Gasteiger partial charge in [-0.2, -0.15) is 0 Å². The Morgan fingerprint density at radius 3 is 1.31 bits per heavy atom. The van der Waals surface area contributed by atoms with Crippen molar-refractivity contribution in [3.8, 4) is 45.3 Å². The first kappa shape index (κ1) is 26.6. The zero-order valence-electron chi connectivity index (χ0n) is 25.6. The standard InChI is InChI=1S/C43H25N3O2/c1-2-14-27-26(12-1)13-9-19-28(27)29-15-3-4-18-34(29)41-44-42(35-22-10-20-32-30-16-5-7-24-37(30)47-39(32)35)46-43(45-41)36-23-11-21-33-31-17-6-8-25-38(31)48-40(33)36/h1-25H. The van der Waals surface area contributed by atoms with E-state index in [1.54, 1.807) is 0 Å². The van der Waals surface area contributed by atoms with Crippen molar-refractivity contribution in [3.05, 3.63) is 152 Å². The molecule has 0 aliphatic heterocycles. The first-order valence-corrected chi connectivity index (χ1v) is 15.9. The van der Waals surface area contributed by atoms with Crippen LogP contribution in [0.15, 0.2) is 160 Å². The molecular weight excluding hydrogens is 590 g/mol. The fourth-order valence-corrected chi connectivity index (χ4v) is 6.96. The molecule has 5 heteroatoms. The highest BCUT2D eigenvalue weighted by molar-refractivity contribution is 6.10. The van der Waals surface area contributed by atoms with Gasteiger partial charge in [0.25, 0.3) is 0 Å². The summed E-state index contributed by atoms with van der Waals surface area (Å²) in [6.07, 6.45) is 0. The van der Waals surface area contributed by atoms with E-state index in [1.807, 2.05) is 66.7 Å². The SMILES string of the molecule is c1ccc(-c2cccc3ccccc23)c(-c2nc(-c3cccc4c3oc3ccccc34)nc(-c3cccc4c3oc3ccccc34)n2)c1. The van der Waals surface area contributed by atoms with Crippen LogP contribution in [0.3, 0.4) is 0 Å². The molecule has 0 amide bonds. The molecule has 0 bridgehead atoms. The second-order valence-electron chi connectivity index (χ2n) is 11.9. The molecule has 0 radical (unpaired) electrons. The second-order valence-corrected chi connectivity index (χ2v) is 11.9. The normalized spacial score (nSPS) is 11.8. The zero-order valence-corrected chi connectivity index (χ0v) is 25.6. The van der Waals surface area contributed by atoms with Crippen molar-refractivity contribution in [2.45, 2.75) is 0 Å². The van der Waals surface area contributed by atoms with Crippen molar-refractivity contribution in [1.29, 1.82) is 0 Å². The van der Waals surface area contributed by atoms with Gasteiger partial charge < -0.3 is 8.83 Å². The molecule has 0 aliphatic carbocycles. The van der Waals surface area contributed by atoms with E-state index in [1.165, 1.54) is 10.8 Å². The molecule has 0 spiro atoms. The van der Waals surface area contributed by atoms with Gasteiger partial charge in [0, 0.05) is 27.1 Å². The molecule has 10 aromatic rings. The van der Waals surface area contributed by atoms with Gasteiger partial charge in [0.05, 0.1) is 11.1 Å². The van der Waals surface area contributed by atoms with Crippen molar-refractivity contribution in [2.24, 2.45) is 0 Å². The van der Waals surface area contributed by atoms with E-state index in [0.29, 0.717) is 17.5 Å². The van der Waals surface area contributed by atoms with E-state index >= 15 is 0 Å². The Morgan fingerprint density at radius 1 is 0.292 bits per heavy atom. The van der Waals surface area contributed by atoms with Gasteiger partial charge in [0.1, 0.15) is 22.3 Å². The molecule has 5 nitrogen and oxygen atoms in total. The second kappa shape index (κ2) is 10.5. The fourth-order valence-electron chi connectivity index (χ4n) is 6.96. The van der Waals surface area contributed by atoms with Crippen LogP contribution in [0.25, 0.3) is 99.9 Å². The largest absolute Gasteiger partial charge is 0.455 e. The van der Waals surface area contributed by atoms with Crippen LogP contribution in [0, 0.1) is 0 Å². The lowest BCUT2D eigenvalue weighted by Crippen LogP contribution is -2.01. The molecule has 0 N–H and O–H groups in total. The van der Waals surface area contributed by atoms with Crippen molar-refractivity contribution in [2.75, 3.05) is 0 Å². The van der Waals surface area contributed by atoms with Crippen LogP contribution >= 0.6 is 0 Å². The van der Waals surface area contributed by atoms with E-state index in [2.05, 4.69) is 84.9 Å². The lowest BCUT2D eigenvalue weighted by molar-refractivity contribution is 0.669. The molecule has 0 unspecified atom stereocenters. The number of hydrogen-bond donors (Lipinski definition) is 0. The van der Waals surface area contributed by atoms with Gasteiger partial charge in [-0.05, 0) is 46.2 Å². The van der Waals surface area contributed by atoms with Gasteiger partial charge in [-0.3, -0.25) is 0 Å². The van der Waals surface area contributed by atoms with Crippen LogP contribution in [0.4, 0.5) is 0 Å². The number of nitrogens with zero attached hydrogens (tertiary/aromatic N) is 3. The highest BCUT2D eigenvalue weighted by atomic mass is 16.3. The van der Waals surface area contributed by atoms with Gasteiger partial charge in [-0.15, -0.1) is 0 Å². The zero-order chi connectivity index (χ0) is 31.6. The van der Waals surface area contributed by atoms with Crippen LogP contribution in [-0.4, -0.2) is 15.0 Å². The molecule has 224 valence electrons. The highest BCUT2D eigenvalue weighted by Gasteiger charge is 2.21. The van der Waals surface area contributed by atoms with Crippen LogP contribution in [0.1, 0.15) is 0 Å². The number of fused-ring (bicyclic) bond motifs is 7. The molecule has 48 heavy (non-hydrogen) atoms. The first-order chi connectivity index (χ1) is 23.8. The predicted octanol–water partition coefficient (Wildman–Crippen LogP) is 11.5. The number of rotatable bonds is 4. The van der Waals surface area contributed by atoms with Crippen LogP contribution < -0.4 is 0 Å². The van der Waals surface area contributed by atoms with Gasteiger partial charge >= 0.3 is 0 Å². The lowest BCUT2D eigenvalue weighted by Gasteiger charge is -2.13. The number of benzene rings is 7. The average Bonchev–Trinajstić information content (AvgIpc) is 3.73. The Labute approximate surface area is 274 Å². The van der Waals surface area contributed by atoms with Crippen LogP contribution in [0.5, 0.6) is 0 Å². The van der Waals surface area contributed by atoms with Crippen molar-refractivity contribution >= 4 is 54.6 Å². The van der Waals surface area contributed by atoms with Crippen molar-refractivity contribution in [3.63, 3.8) is 0 Å². The summed E-state index contributed by atoms with van der Waals surface area (Å²) in [5.41, 5.74) is 7.79. The molecular formula is C43H25N3O2. The predicted molar refractivity (Wildman–Crippen MR) is 194 cm³/mol. The molecule has 0 saturated heterocycles. The monoisotopic (exact) mass is 615 g/mol. The molecule has 0 aliphatic rings. The first-order valence-electron chi connectivity index (χ1n) is 15.9. The quantitative estimate of drug-likeness (QED) is 0.197. The Balaban J connectivity index is 1.27. The molecule has 10 rings (SSSR count). The Hall–Kier alpha value is -6.59. The maximum absolute atomic E-state index is 6.46. The lowest BCUT2D eigenvalue weighted by atomic mass is 9.94. The maximum Gasteiger partial charge on any atom is 0.167 e. The van der Waals surface area contributed by atoms with E-state index in [0.717, 1.165) is 71.7 Å². The minimum atomic E-state index is 0.528. The molecule has 0 fully saturated rings. The summed E-state index contributed by atoms with van der Waals surface area (Å²) >= 11 is 0. The van der Waals surface area contributed by atoms with Gasteiger partial charge in [0.15, 0.2) is 17.5 Å². The molecule has 0 atom stereocenters. The van der Waals surface area contributed by atoms with Crippen molar-refractivity contribution < 1.29 is 8.83 Å². The topological polar surface area (TPSA) is 65.0 Å². The number of para-hydroxylation sites is 4. The van der Waals surface area contributed by atoms with E-state index < -0.39 is 0 Å². The fraction of sp³-hybridized carbons (Fsp3) is 0. The highest BCUT2D eigenvalue weighted by Crippen LogP contribution is 2.40. The Morgan fingerprint density at radius 2 is 0.688 bits per heavy atom. The third-order valence-corrected chi connectivity index (χ3v) is 9.17. The third-order valence-electron chi connectivity index (χ3n) is 9.17. The van der Waals surface area contributed by atoms with Crippen LogP contribution in [-0.2, 0) is 0 Å².